The van der Waals surface area contributed by atoms with Crippen LogP contribution < -0.4 is 0 Å². The summed E-state index contributed by atoms with van der Waals surface area (Å²) in [5.41, 5.74) is 0. The van der Waals surface area contributed by atoms with Crippen molar-refractivity contribution in [2.45, 2.75) is 16.6 Å². The van der Waals surface area contributed by atoms with Gasteiger partial charge in [-0.25, -0.2) is 0 Å². The van der Waals surface area contributed by atoms with Crippen LogP contribution in [0.2, 0.25) is 0 Å². The molecule has 4 heteroatoms. The highest BCUT2D eigenvalue weighted by atomic mass is 79.9. The number of carbonyl (C=O) groups is 2. The van der Waals surface area contributed by atoms with Gasteiger partial charge < -0.3 is 0 Å². The Labute approximate surface area is 75.6 Å². The number of hydrogen-bond donors (Lipinski definition) is 0. The van der Waals surface area contributed by atoms with Gasteiger partial charge >= 0.3 is 0 Å². The minimum atomic E-state index is -0.767. The van der Waals surface area contributed by atoms with Crippen molar-refractivity contribution in [1.29, 1.82) is 0 Å². The summed E-state index contributed by atoms with van der Waals surface area (Å²) in [5.74, 6) is -0.519. The third kappa shape index (κ3) is 1.19. The molecule has 0 bridgehead atoms. The van der Waals surface area contributed by atoms with Crippen LogP contribution in [0.4, 0.5) is 0 Å². The maximum atomic E-state index is 11.1. The third-order valence-corrected chi connectivity index (χ3v) is 2.98. The number of carbonyl (C=O) groups excluding carboxylic acids is 2. The van der Waals surface area contributed by atoms with Crippen molar-refractivity contribution in [3.63, 3.8) is 0 Å². The zero-order valence-corrected chi connectivity index (χ0v) is 8.53. The Hall–Kier alpha value is 0.300. The standard InChI is InChI=1S/C6H6Br2O2/c1-3-4(9)2-6(7,8)5(3)10/h3H,2H2,1H3. The molecule has 0 amide bonds. The lowest BCUT2D eigenvalue weighted by molar-refractivity contribution is -0.126. The van der Waals surface area contributed by atoms with E-state index in [4.69, 9.17) is 0 Å². The molecule has 1 atom stereocenters. The van der Waals surface area contributed by atoms with Crippen molar-refractivity contribution in [2.75, 3.05) is 0 Å². The van der Waals surface area contributed by atoms with Crippen LogP contribution in [-0.4, -0.2) is 14.8 Å². The van der Waals surface area contributed by atoms with Crippen LogP contribution in [-0.2, 0) is 9.59 Å². The van der Waals surface area contributed by atoms with Crippen molar-refractivity contribution in [1.82, 2.24) is 0 Å². The van der Waals surface area contributed by atoms with E-state index in [1.165, 1.54) is 0 Å². The molecule has 0 saturated heterocycles. The molecule has 0 aliphatic heterocycles. The summed E-state index contributed by atoms with van der Waals surface area (Å²) in [6, 6.07) is 0. The van der Waals surface area contributed by atoms with E-state index in [0.29, 0.717) is 0 Å². The minimum absolute atomic E-state index is 0.00116. The van der Waals surface area contributed by atoms with Crippen molar-refractivity contribution < 1.29 is 9.59 Å². The summed E-state index contributed by atoms with van der Waals surface area (Å²) in [4.78, 5) is 22.0. The molecular formula is C6H6Br2O2. The molecule has 56 valence electrons. The molecule has 0 aromatic carbocycles. The third-order valence-electron chi connectivity index (χ3n) is 1.63. The lowest BCUT2D eigenvalue weighted by Gasteiger charge is -2.07. The zero-order valence-electron chi connectivity index (χ0n) is 5.36. The second kappa shape index (κ2) is 2.41. The van der Waals surface area contributed by atoms with Gasteiger partial charge in [0.25, 0.3) is 0 Å². The van der Waals surface area contributed by atoms with E-state index >= 15 is 0 Å². The monoisotopic (exact) mass is 268 g/mol. The zero-order chi connectivity index (χ0) is 7.94. The van der Waals surface area contributed by atoms with Gasteiger partial charge in [-0.1, -0.05) is 31.9 Å². The van der Waals surface area contributed by atoms with E-state index in [1.807, 2.05) is 0 Å². The first-order valence-electron chi connectivity index (χ1n) is 2.90. The molecule has 0 spiro atoms. The van der Waals surface area contributed by atoms with Crippen LogP contribution in [0.15, 0.2) is 0 Å². The molecule has 1 aliphatic carbocycles. The van der Waals surface area contributed by atoms with Crippen LogP contribution in [0, 0.1) is 5.92 Å². The fourth-order valence-corrected chi connectivity index (χ4v) is 2.16. The highest BCUT2D eigenvalue weighted by Crippen LogP contribution is 2.40. The Morgan fingerprint density at radius 3 is 2.10 bits per heavy atom. The summed E-state index contributed by atoms with van der Waals surface area (Å²) in [6.45, 7) is 1.63. The summed E-state index contributed by atoms with van der Waals surface area (Å²) < 4.78 is -0.767. The van der Waals surface area contributed by atoms with E-state index in [0.717, 1.165) is 0 Å². The Bertz CT molecular complexity index is 198. The number of Topliss-reactive ketones (excluding diaryl/α,β-unsaturated/α-hetero) is 2. The lowest BCUT2D eigenvalue weighted by atomic mass is 10.1. The summed E-state index contributed by atoms with van der Waals surface area (Å²) >= 11 is 6.27. The minimum Gasteiger partial charge on any atom is -0.299 e. The van der Waals surface area contributed by atoms with Crippen molar-refractivity contribution in [3.05, 3.63) is 0 Å². The fourth-order valence-electron chi connectivity index (χ4n) is 0.922. The summed E-state index contributed by atoms with van der Waals surface area (Å²) in [7, 11) is 0. The van der Waals surface area contributed by atoms with Gasteiger partial charge in [-0.2, -0.15) is 0 Å². The van der Waals surface area contributed by atoms with Gasteiger partial charge in [0.1, 0.15) is 9.02 Å². The fraction of sp³-hybridized carbons (Fsp3) is 0.667. The van der Waals surface area contributed by atoms with E-state index in [2.05, 4.69) is 31.9 Å². The molecule has 0 heterocycles. The van der Waals surface area contributed by atoms with Crippen LogP contribution in [0.3, 0.4) is 0 Å². The van der Waals surface area contributed by atoms with E-state index < -0.39 is 9.15 Å². The highest BCUT2D eigenvalue weighted by molar-refractivity contribution is 9.26. The van der Waals surface area contributed by atoms with Crippen molar-refractivity contribution in [2.24, 2.45) is 5.92 Å². The highest BCUT2D eigenvalue weighted by Gasteiger charge is 2.47. The molecule has 1 aliphatic rings. The molecule has 1 saturated carbocycles. The molecule has 1 rings (SSSR count). The molecule has 10 heavy (non-hydrogen) atoms. The van der Waals surface area contributed by atoms with E-state index in [1.54, 1.807) is 6.92 Å². The first-order valence-corrected chi connectivity index (χ1v) is 4.48. The quantitative estimate of drug-likeness (QED) is 0.495. The van der Waals surface area contributed by atoms with Crippen molar-refractivity contribution in [3.8, 4) is 0 Å². The van der Waals surface area contributed by atoms with Gasteiger partial charge in [0.15, 0.2) is 5.78 Å². The van der Waals surface area contributed by atoms with E-state index in [9.17, 15) is 9.59 Å². The number of halogens is 2. The number of hydrogen-bond acceptors (Lipinski definition) is 2. The van der Waals surface area contributed by atoms with Gasteiger partial charge in [0, 0.05) is 6.42 Å². The Kier molecular flexibility index (Phi) is 2.02. The first kappa shape index (κ1) is 8.40. The first-order chi connectivity index (χ1) is 4.45. The maximum absolute atomic E-state index is 11.1. The average Bonchev–Trinajstić information content (AvgIpc) is 1.95. The van der Waals surface area contributed by atoms with Gasteiger partial charge in [0.05, 0.1) is 5.92 Å². The smallest absolute Gasteiger partial charge is 0.170 e. The number of ketones is 2. The number of alkyl halides is 2. The Morgan fingerprint density at radius 1 is 1.50 bits per heavy atom. The molecular weight excluding hydrogens is 264 g/mol. The number of rotatable bonds is 0. The predicted octanol–water partition coefficient (Wildman–Crippen LogP) is 1.65. The molecule has 0 N–H and O–H groups in total. The Morgan fingerprint density at radius 2 is 2.00 bits per heavy atom. The van der Waals surface area contributed by atoms with Gasteiger partial charge in [-0.05, 0) is 6.92 Å². The Balaban J connectivity index is 2.92. The summed E-state index contributed by atoms with van der Waals surface area (Å²) in [5, 5.41) is 0. The molecule has 0 aromatic rings. The normalized spacial score (nSPS) is 31.3. The lowest BCUT2D eigenvalue weighted by Crippen LogP contribution is -2.20. The second-order valence-electron chi connectivity index (χ2n) is 2.43. The summed E-state index contributed by atoms with van der Waals surface area (Å²) in [6.07, 6.45) is 0.257. The SMILES string of the molecule is CC1C(=O)CC(Br)(Br)C1=O. The molecule has 0 radical (unpaired) electrons. The van der Waals surface area contributed by atoms with Gasteiger partial charge in [-0.3, -0.25) is 9.59 Å². The van der Waals surface area contributed by atoms with E-state index in [-0.39, 0.29) is 18.0 Å². The molecule has 2 nitrogen and oxygen atoms in total. The largest absolute Gasteiger partial charge is 0.299 e. The van der Waals surface area contributed by atoms with Crippen LogP contribution in [0.25, 0.3) is 0 Å². The predicted molar refractivity (Wildman–Crippen MR) is 44.4 cm³/mol. The van der Waals surface area contributed by atoms with Gasteiger partial charge in [-0.15, -0.1) is 0 Å². The topological polar surface area (TPSA) is 34.1 Å². The average molecular weight is 270 g/mol. The molecule has 1 fully saturated rings. The van der Waals surface area contributed by atoms with Crippen LogP contribution in [0.1, 0.15) is 13.3 Å². The van der Waals surface area contributed by atoms with Crippen LogP contribution >= 0.6 is 31.9 Å². The maximum Gasteiger partial charge on any atom is 0.170 e. The molecule has 1 unspecified atom stereocenters. The van der Waals surface area contributed by atoms with Crippen molar-refractivity contribution >= 4 is 43.4 Å². The van der Waals surface area contributed by atoms with Crippen LogP contribution in [0.5, 0.6) is 0 Å². The molecule has 0 aromatic heterocycles. The second-order valence-corrected chi connectivity index (χ2v) is 6.21. The van der Waals surface area contributed by atoms with Gasteiger partial charge in [0.2, 0.25) is 0 Å².